The lowest BCUT2D eigenvalue weighted by atomic mass is 10.2. The fourth-order valence-corrected chi connectivity index (χ4v) is 6.98. The van der Waals surface area contributed by atoms with Crippen molar-refractivity contribution in [3.05, 3.63) is 53.8 Å². The zero-order chi connectivity index (χ0) is 22.4. The maximum atomic E-state index is 13.2. The maximum absolute atomic E-state index is 13.2. The highest BCUT2D eigenvalue weighted by atomic mass is 32.2. The summed E-state index contributed by atoms with van der Waals surface area (Å²) >= 11 is 0. The normalized spacial score (nSPS) is 19.7. The molecule has 0 atom stereocenters. The lowest BCUT2D eigenvalue weighted by Crippen LogP contribution is -2.48. The van der Waals surface area contributed by atoms with E-state index in [1.54, 1.807) is 19.1 Å². The summed E-state index contributed by atoms with van der Waals surface area (Å²) in [6.07, 6.45) is -0.0836. The molecular formula is C20H22FN3O5S2. The van der Waals surface area contributed by atoms with Gasteiger partial charge in [-0.2, -0.15) is 4.31 Å². The van der Waals surface area contributed by atoms with Crippen molar-refractivity contribution in [1.82, 2.24) is 4.31 Å². The van der Waals surface area contributed by atoms with E-state index < -0.39 is 26.0 Å². The molecule has 0 bridgehead atoms. The Morgan fingerprint density at radius 3 is 2.10 bits per heavy atom. The van der Waals surface area contributed by atoms with Gasteiger partial charge in [-0.15, -0.1) is 0 Å². The van der Waals surface area contributed by atoms with Crippen molar-refractivity contribution in [2.24, 2.45) is 0 Å². The van der Waals surface area contributed by atoms with Gasteiger partial charge in [0.05, 0.1) is 16.3 Å². The van der Waals surface area contributed by atoms with Gasteiger partial charge in [0.1, 0.15) is 5.82 Å². The number of halogens is 1. The number of hydrogen-bond donors (Lipinski definition) is 0. The molecule has 11 heteroatoms. The molecule has 2 saturated heterocycles. The average Bonchev–Trinajstić information content (AvgIpc) is 3.00. The Labute approximate surface area is 181 Å². The minimum absolute atomic E-state index is 0.0792. The number of amides is 1. The van der Waals surface area contributed by atoms with Crippen molar-refractivity contribution in [1.29, 1.82) is 0 Å². The van der Waals surface area contributed by atoms with E-state index in [-0.39, 0.29) is 41.7 Å². The van der Waals surface area contributed by atoms with Gasteiger partial charge in [0, 0.05) is 38.3 Å². The van der Waals surface area contributed by atoms with Crippen LogP contribution in [0.3, 0.4) is 0 Å². The number of benzene rings is 2. The topological polar surface area (TPSA) is 95.1 Å². The largest absolute Gasteiger partial charge is 0.369 e. The fourth-order valence-electron chi connectivity index (χ4n) is 3.90. The van der Waals surface area contributed by atoms with E-state index in [1.165, 1.54) is 34.6 Å². The van der Waals surface area contributed by atoms with Crippen LogP contribution < -0.4 is 9.21 Å². The molecule has 0 N–H and O–H groups in total. The number of piperazine rings is 1. The second-order valence-corrected chi connectivity index (χ2v) is 11.4. The van der Waals surface area contributed by atoms with Gasteiger partial charge in [0.2, 0.25) is 26.0 Å². The summed E-state index contributed by atoms with van der Waals surface area (Å²) in [6, 6.07) is 10.2. The molecule has 31 heavy (non-hydrogen) atoms. The van der Waals surface area contributed by atoms with Gasteiger partial charge < -0.3 is 4.90 Å². The predicted molar refractivity (Wildman–Crippen MR) is 114 cm³/mol. The standard InChI is InChI=1S/C20H22FN3O5S2/c1-15-14-18(24-20(25)8-13-30(24,26)27)6-7-19(15)31(28,29)23-11-9-22(10-12-23)17-4-2-16(21)3-5-17/h2-7,14H,8-13H2,1H3. The van der Waals surface area contributed by atoms with Crippen molar-refractivity contribution in [3.8, 4) is 0 Å². The van der Waals surface area contributed by atoms with E-state index in [2.05, 4.69) is 0 Å². The lowest BCUT2D eigenvalue weighted by Gasteiger charge is -2.35. The first-order chi connectivity index (χ1) is 14.6. The second-order valence-electron chi connectivity index (χ2n) is 7.54. The van der Waals surface area contributed by atoms with Crippen LogP contribution in [-0.2, 0) is 24.8 Å². The number of aryl methyl sites for hydroxylation is 1. The molecule has 166 valence electrons. The fraction of sp³-hybridized carbons (Fsp3) is 0.350. The van der Waals surface area contributed by atoms with Crippen molar-refractivity contribution in [3.63, 3.8) is 0 Å². The summed E-state index contributed by atoms with van der Waals surface area (Å²) in [7, 11) is -7.51. The molecule has 0 unspecified atom stereocenters. The lowest BCUT2D eigenvalue weighted by molar-refractivity contribution is -0.116. The Morgan fingerprint density at radius 2 is 1.55 bits per heavy atom. The quantitative estimate of drug-likeness (QED) is 0.680. The average molecular weight is 468 g/mol. The highest BCUT2D eigenvalue weighted by Gasteiger charge is 2.37. The Kier molecular flexibility index (Phi) is 5.52. The van der Waals surface area contributed by atoms with Crippen LogP contribution in [0.5, 0.6) is 0 Å². The maximum Gasteiger partial charge on any atom is 0.243 e. The SMILES string of the molecule is Cc1cc(N2C(=O)CCS2(=O)=O)ccc1S(=O)(=O)N1CCN(c2ccc(F)cc2)CC1. The zero-order valence-corrected chi connectivity index (χ0v) is 18.5. The van der Waals surface area contributed by atoms with Crippen molar-refractivity contribution >= 4 is 37.3 Å². The monoisotopic (exact) mass is 467 g/mol. The number of carbonyl (C=O) groups is 1. The molecule has 4 rings (SSSR count). The molecule has 2 heterocycles. The Balaban J connectivity index is 1.53. The van der Waals surface area contributed by atoms with Crippen LogP contribution in [0.15, 0.2) is 47.4 Å². The van der Waals surface area contributed by atoms with Gasteiger partial charge >= 0.3 is 0 Å². The smallest absolute Gasteiger partial charge is 0.243 e. The molecule has 2 fully saturated rings. The molecule has 0 aromatic heterocycles. The van der Waals surface area contributed by atoms with Gasteiger partial charge in [0.15, 0.2) is 0 Å². The van der Waals surface area contributed by atoms with Crippen LogP contribution in [0.1, 0.15) is 12.0 Å². The third-order valence-electron chi connectivity index (χ3n) is 5.52. The van der Waals surface area contributed by atoms with Gasteiger partial charge in [-0.3, -0.25) is 4.79 Å². The summed E-state index contributed by atoms with van der Waals surface area (Å²) < 4.78 is 65.9. The Morgan fingerprint density at radius 1 is 0.935 bits per heavy atom. The molecular weight excluding hydrogens is 445 g/mol. The van der Waals surface area contributed by atoms with E-state index in [9.17, 15) is 26.0 Å². The summed E-state index contributed by atoms with van der Waals surface area (Å²) in [5.74, 6) is -1.09. The summed E-state index contributed by atoms with van der Waals surface area (Å²) in [4.78, 5) is 14.1. The first-order valence-corrected chi connectivity index (χ1v) is 12.8. The number of carbonyl (C=O) groups excluding carboxylic acids is 1. The van der Waals surface area contributed by atoms with Gasteiger partial charge in [-0.05, 0) is 55.0 Å². The van der Waals surface area contributed by atoms with E-state index in [4.69, 9.17) is 0 Å². The summed E-state index contributed by atoms with van der Waals surface area (Å²) in [5.41, 5.74) is 1.35. The molecule has 0 aliphatic carbocycles. The molecule has 0 radical (unpaired) electrons. The van der Waals surface area contributed by atoms with Crippen LogP contribution in [0.4, 0.5) is 15.8 Å². The van der Waals surface area contributed by atoms with Gasteiger partial charge in [-0.25, -0.2) is 25.5 Å². The third-order valence-corrected chi connectivity index (χ3v) is 9.27. The second kappa shape index (κ2) is 7.88. The van der Waals surface area contributed by atoms with Crippen molar-refractivity contribution in [2.45, 2.75) is 18.2 Å². The number of rotatable bonds is 4. The Bertz CT molecular complexity index is 1220. The third kappa shape index (κ3) is 4.04. The van der Waals surface area contributed by atoms with E-state index in [0.717, 1.165) is 9.99 Å². The highest BCUT2D eigenvalue weighted by Crippen LogP contribution is 2.30. The molecule has 1 amide bonds. The molecule has 2 aromatic rings. The van der Waals surface area contributed by atoms with E-state index in [1.807, 2.05) is 4.90 Å². The van der Waals surface area contributed by atoms with Crippen LogP contribution in [0.25, 0.3) is 0 Å². The first kappa shape index (κ1) is 21.7. The summed E-state index contributed by atoms with van der Waals surface area (Å²) in [6.45, 7) is 3.03. The van der Waals surface area contributed by atoms with E-state index in [0.29, 0.717) is 18.7 Å². The molecule has 2 aliphatic heterocycles. The van der Waals surface area contributed by atoms with Crippen LogP contribution in [-0.4, -0.2) is 59.0 Å². The minimum Gasteiger partial charge on any atom is -0.369 e. The summed E-state index contributed by atoms with van der Waals surface area (Å²) in [5, 5.41) is 0. The number of anilines is 2. The number of sulfonamides is 2. The molecule has 8 nitrogen and oxygen atoms in total. The molecule has 0 saturated carbocycles. The molecule has 0 spiro atoms. The van der Waals surface area contributed by atoms with E-state index >= 15 is 0 Å². The van der Waals surface area contributed by atoms with Crippen molar-refractivity contribution in [2.75, 3.05) is 41.1 Å². The Hall–Kier alpha value is -2.50. The number of hydrogen-bond acceptors (Lipinski definition) is 6. The van der Waals surface area contributed by atoms with Gasteiger partial charge in [0.25, 0.3) is 0 Å². The van der Waals surface area contributed by atoms with Crippen LogP contribution >= 0.6 is 0 Å². The predicted octanol–water partition coefficient (Wildman–Crippen LogP) is 1.71. The van der Waals surface area contributed by atoms with Crippen LogP contribution in [0.2, 0.25) is 0 Å². The number of nitrogens with zero attached hydrogens (tertiary/aromatic N) is 3. The zero-order valence-electron chi connectivity index (χ0n) is 16.9. The van der Waals surface area contributed by atoms with Crippen molar-refractivity contribution < 1.29 is 26.0 Å². The van der Waals surface area contributed by atoms with Gasteiger partial charge in [-0.1, -0.05) is 0 Å². The molecule has 2 aliphatic rings. The van der Waals surface area contributed by atoms with Crippen LogP contribution in [0, 0.1) is 12.7 Å². The minimum atomic E-state index is -3.79. The first-order valence-electron chi connectivity index (χ1n) is 9.77. The highest BCUT2D eigenvalue weighted by molar-refractivity contribution is 7.94. The molecule has 2 aromatic carbocycles.